The van der Waals surface area contributed by atoms with Crippen LogP contribution >= 0.6 is 23.1 Å². The van der Waals surface area contributed by atoms with Crippen LogP contribution in [0.1, 0.15) is 15.2 Å². The number of hydrogen-bond acceptors (Lipinski definition) is 4. The number of hydrogen-bond donors (Lipinski definition) is 1. The van der Waals surface area contributed by atoms with Gasteiger partial charge < -0.3 is 10.1 Å². The first-order valence-electron chi connectivity index (χ1n) is 5.74. The van der Waals surface area contributed by atoms with Crippen LogP contribution in [0.3, 0.4) is 0 Å². The third-order valence-corrected chi connectivity index (χ3v) is 4.87. The Hall–Kier alpha value is -1.46. The van der Waals surface area contributed by atoms with Gasteiger partial charge in [0.05, 0.1) is 21.9 Å². The van der Waals surface area contributed by atoms with Crippen LogP contribution in [0, 0.1) is 6.92 Å². The molecule has 0 unspecified atom stereocenters. The molecular formula is C14H15NO2S2. The number of benzene rings is 1. The number of methoxy groups -OCH3 is 1. The molecule has 0 saturated carbocycles. The normalized spacial score (nSPS) is 10.3. The van der Waals surface area contributed by atoms with E-state index in [1.165, 1.54) is 11.3 Å². The van der Waals surface area contributed by atoms with E-state index in [4.69, 9.17) is 4.74 Å². The van der Waals surface area contributed by atoms with Crippen LogP contribution in [-0.2, 0) is 0 Å². The minimum atomic E-state index is -0.0992. The Kier molecular flexibility index (Phi) is 4.50. The van der Waals surface area contributed by atoms with Gasteiger partial charge >= 0.3 is 0 Å². The number of rotatable bonds is 4. The van der Waals surface area contributed by atoms with Crippen molar-refractivity contribution in [1.29, 1.82) is 0 Å². The van der Waals surface area contributed by atoms with Gasteiger partial charge in [0.1, 0.15) is 5.75 Å². The van der Waals surface area contributed by atoms with Gasteiger partial charge in [0, 0.05) is 0 Å². The van der Waals surface area contributed by atoms with E-state index in [-0.39, 0.29) is 5.91 Å². The molecule has 2 rings (SSSR count). The standard InChI is InChI=1S/C14H15NO2S2/c1-9-5-4-6-10(17-2)13(9)15-14(16)11-7-8-12(18-3)19-11/h4-8H,1-3H3,(H,15,16). The largest absolute Gasteiger partial charge is 0.495 e. The van der Waals surface area contributed by atoms with E-state index in [9.17, 15) is 4.79 Å². The van der Waals surface area contributed by atoms with Crippen molar-refractivity contribution in [2.75, 3.05) is 18.7 Å². The van der Waals surface area contributed by atoms with E-state index in [0.717, 1.165) is 15.5 Å². The summed E-state index contributed by atoms with van der Waals surface area (Å²) in [6.45, 7) is 1.94. The molecule has 0 aliphatic rings. The second-order valence-corrected chi connectivity index (χ2v) is 6.12. The monoisotopic (exact) mass is 293 g/mol. The van der Waals surface area contributed by atoms with Gasteiger partial charge in [0.15, 0.2) is 0 Å². The molecule has 1 N–H and O–H groups in total. The Morgan fingerprint density at radius 3 is 2.74 bits per heavy atom. The van der Waals surface area contributed by atoms with Crippen molar-refractivity contribution < 1.29 is 9.53 Å². The molecular weight excluding hydrogens is 278 g/mol. The Morgan fingerprint density at radius 1 is 1.32 bits per heavy atom. The van der Waals surface area contributed by atoms with Gasteiger partial charge in [0.2, 0.25) is 0 Å². The van der Waals surface area contributed by atoms with Crippen molar-refractivity contribution in [3.8, 4) is 5.75 Å². The minimum Gasteiger partial charge on any atom is -0.495 e. The Balaban J connectivity index is 2.23. The van der Waals surface area contributed by atoms with Crippen molar-refractivity contribution in [3.05, 3.63) is 40.8 Å². The highest BCUT2D eigenvalue weighted by Crippen LogP contribution is 2.30. The highest BCUT2D eigenvalue weighted by Gasteiger charge is 2.13. The fourth-order valence-corrected chi connectivity index (χ4v) is 3.14. The number of amides is 1. The number of carbonyl (C=O) groups excluding carboxylic acids is 1. The van der Waals surface area contributed by atoms with Gasteiger partial charge in [-0.25, -0.2) is 0 Å². The quantitative estimate of drug-likeness (QED) is 0.865. The molecule has 0 bridgehead atoms. The summed E-state index contributed by atoms with van der Waals surface area (Å²) in [6.07, 6.45) is 2.00. The van der Waals surface area contributed by atoms with Crippen LogP contribution in [-0.4, -0.2) is 19.3 Å². The molecule has 0 aliphatic carbocycles. The molecule has 0 fully saturated rings. The first-order chi connectivity index (χ1) is 9.15. The molecule has 0 saturated heterocycles. The number of nitrogens with one attached hydrogen (secondary N) is 1. The summed E-state index contributed by atoms with van der Waals surface area (Å²) in [5.41, 5.74) is 1.71. The maximum atomic E-state index is 12.2. The van der Waals surface area contributed by atoms with Gasteiger partial charge in [-0.05, 0) is 36.9 Å². The molecule has 5 heteroatoms. The Bertz CT molecular complexity index is 593. The average molecular weight is 293 g/mol. The van der Waals surface area contributed by atoms with Crippen LogP contribution in [0.25, 0.3) is 0 Å². The molecule has 0 aliphatic heterocycles. The third kappa shape index (κ3) is 3.11. The second kappa shape index (κ2) is 6.12. The summed E-state index contributed by atoms with van der Waals surface area (Å²) in [4.78, 5) is 12.9. The lowest BCUT2D eigenvalue weighted by molar-refractivity contribution is 0.103. The zero-order valence-corrected chi connectivity index (χ0v) is 12.7. The average Bonchev–Trinajstić information content (AvgIpc) is 2.90. The molecule has 100 valence electrons. The first-order valence-corrected chi connectivity index (χ1v) is 7.78. The number of aryl methyl sites for hydroxylation is 1. The summed E-state index contributed by atoms with van der Waals surface area (Å²) in [5.74, 6) is 0.577. The molecule has 1 aromatic heterocycles. The highest BCUT2D eigenvalue weighted by molar-refractivity contribution is 8.00. The van der Waals surface area contributed by atoms with Gasteiger partial charge in [-0.1, -0.05) is 12.1 Å². The van der Waals surface area contributed by atoms with E-state index < -0.39 is 0 Å². The minimum absolute atomic E-state index is 0.0992. The zero-order valence-electron chi connectivity index (χ0n) is 11.0. The van der Waals surface area contributed by atoms with Crippen LogP contribution in [0.5, 0.6) is 5.75 Å². The van der Waals surface area contributed by atoms with E-state index in [0.29, 0.717) is 10.6 Å². The fourth-order valence-electron chi connectivity index (χ4n) is 1.70. The number of carbonyl (C=O) groups is 1. The molecule has 1 amide bonds. The van der Waals surface area contributed by atoms with Gasteiger partial charge in [0.25, 0.3) is 5.91 Å². The number of anilines is 1. The van der Waals surface area contributed by atoms with Crippen molar-refractivity contribution >= 4 is 34.7 Å². The topological polar surface area (TPSA) is 38.3 Å². The first kappa shape index (κ1) is 14.0. The van der Waals surface area contributed by atoms with E-state index >= 15 is 0 Å². The SMILES string of the molecule is COc1cccc(C)c1NC(=O)c1ccc(SC)s1. The summed E-state index contributed by atoms with van der Waals surface area (Å²) >= 11 is 3.13. The van der Waals surface area contributed by atoms with Crippen molar-refractivity contribution in [2.24, 2.45) is 0 Å². The van der Waals surface area contributed by atoms with Crippen molar-refractivity contribution in [3.63, 3.8) is 0 Å². The zero-order chi connectivity index (χ0) is 13.8. The molecule has 19 heavy (non-hydrogen) atoms. The molecule has 0 spiro atoms. The maximum absolute atomic E-state index is 12.2. The van der Waals surface area contributed by atoms with E-state index in [1.54, 1.807) is 18.9 Å². The number of thioether (sulfide) groups is 1. The number of thiophene rings is 1. The fraction of sp³-hybridized carbons (Fsp3) is 0.214. The summed E-state index contributed by atoms with van der Waals surface area (Å²) in [5, 5.41) is 2.92. The lowest BCUT2D eigenvalue weighted by Crippen LogP contribution is -2.12. The Labute approximate surface area is 121 Å². The lowest BCUT2D eigenvalue weighted by Gasteiger charge is -2.12. The number of ether oxygens (including phenoxy) is 1. The maximum Gasteiger partial charge on any atom is 0.265 e. The van der Waals surface area contributed by atoms with Gasteiger partial charge in [-0.15, -0.1) is 23.1 Å². The third-order valence-electron chi connectivity index (χ3n) is 2.70. The summed E-state index contributed by atoms with van der Waals surface area (Å²) in [7, 11) is 1.60. The molecule has 1 aromatic carbocycles. The molecule has 2 aromatic rings. The lowest BCUT2D eigenvalue weighted by atomic mass is 10.2. The van der Waals surface area contributed by atoms with Crippen LogP contribution in [0.2, 0.25) is 0 Å². The summed E-state index contributed by atoms with van der Waals surface area (Å²) < 4.78 is 6.40. The smallest absolute Gasteiger partial charge is 0.265 e. The van der Waals surface area contributed by atoms with Crippen LogP contribution in [0.15, 0.2) is 34.5 Å². The van der Waals surface area contributed by atoms with E-state index in [1.807, 2.05) is 43.5 Å². The molecule has 0 radical (unpaired) electrons. The number of para-hydroxylation sites is 1. The van der Waals surface area contributed by atoms with Crippen LogP contribution in [0.4, 0.5) is 5.69 Å². The molecule has 3 nitrogen and oxygen atoms in total. The predicted molar refractivity (Wildman–Crippen MR) is 81.8 cm³/mol. The molecule has 0 atom stereocenters. The summed E-state index contributed by atoms with van der Waals surface area (Å²) in [6, 6.07) is 9.49. The van der Waals surface area contributed by atoms with Crippen molar-refractivity contribution in [2.45, 2.75) is 11.1 Å². The van der Waals surface area contributed by atoms with Crippen molar-refractivity contribution in [1.82, 2.24) is 0 Å². The molecule has 1 heterocycles. The van der Waals surface area contributed by atoms with E-state index in [2.05, 4.69) is 5.32 Å². The highest BCUT2D eigenvalue weighted by atomic mass is 32.2. The van der Waals surface area contributed by atoms with Gasteiger partial charge in [-0.2, -0.15) is 0 Å². The van der Waals surface area contributed by atoms with Crippen LogP contribution < -0.4 is 10.1 Å². The Morgan fingerprint density at radius 2 is 2.11 bits per heavy atom. The predicted octanol–water partition coefficient (Wildman–Crippen LogP) is 4.04. The second-order valence-electron chi connectivity index (χ2n) is 3.93. The van der Waals surface area contributed by atoms with Gasteiger partial charge in [-0.3, -0.25) is 4.79 Å².